The van der Waals surface area contributed by atoms with Gasteiger partial charge in [0.25, 0.3) is 0 Å². The van der Waals surface area contributed by atoms with Gasteiger partial charge in [-0.2, -0.15) is 0 Å². The zero-order valence-corrected chi connectivity index (χ0v) is 16.2. The molecule has 0 radical (unpaired) electrons. The Morgan fingerprint density at radius 1 is 0.654 bits per heavy atom. The molecule has 0 aromatic heterocycles. The Morgan fingerprint density at radius 2 is 1.08 bits per heavy atom. The zero-order chi connectivity index (χ0) is 19.1. The molecule has 0 amide bonds. The number of aliphatic hydroxyl groups is 2. The first-order valence-electron chi connectivity index (χ1n) is 9.15. The van der Waals surface area contributed by atoms with Crippen molar-refractivity contribution in [3.05, 3.63) is 93.6 Å². The van der Waals surface area contributed by atoms with Crippen LogP contribution < -0.4 is 0 Å². The molecule has 1 aliphatic carbocycles. The van der Waals surface area contributed by atoms with E-state index in [4.69, 9.17) is 0 Å². The van der Waals surface area contributed by atoms with Crippen molar-refractivity contribution in [1.82, 2.24) is 0 Å². The van der Waals surface area contributed by atoms with Crippen LogP contribution in [0.4, 0.5) is 0 Å². The Morgan fingerprint density at radius 3 is 1.58 bits per heavy atom. The van der Waals surface area contributed by atoms with Crippen LogP contribution in [0, 0.1) is 5.41 Å². The zero-order valence-electron chi connectivity index (χ0n) is 16.2. The van der Waals surface area contributed by atoms with E-state index in [0.29, 0.717) is 0 Å². The summed E-state index contributed by atoms with van der Waals surface area (Å²) in [6.07, 6.45) is -1.27. The summed E-state index contributed by atoms with van der Waals surface area (Å²) in [6.45, 7) is 10.6. The summed E-state index contributed by atoms with van der Waals surface area (Å²) in [5, 5.41) is 21.7. The highest BCUT2D eigenvalue weighted by Crippen LogP contribution is 2.53. The van der Waals surface area contributed by atoms with E-state index in [1.807, 2.05) is 54.6 Å². The van der Waals surface area contributed by atoms with Crippen molar-refractivity contribution in [2.24, 2.45) is 5.41 Å². The Hall–Kier alpha value is -2.16. The molecule has 2 aromatic rings. The third-order valence-corrected chi connectivity index (χ3v) is 6.48. The Bertz CT molecular complexity index is 833. The number of hydrogen-bond donors (Lipinski definition) is 2. The van der Waals surface area contributed by atoms with Crippen molar-refractivity contribution in [2.75, 3.05) is 0 Å². The molecule has 1 aliphatic rings. The van der Waals surface area contributed by atoms with Crippen LogP contribution in [0.5, 0.6) is 0 Å². The van der Waals surface area contributed by atoms with Crippen molar-refractivity contribution in [3.8, 4) is 0 Å². The molecule has 0 saturated heterocycles. The molecule has 0 saturated carbocycles. The molecular formula is C24H28O2. The summed E-state index contributed by atoms with van der Waals surface area (Å²) in [5.74, 6) is 0. The van der Waals surface area contributed by atoms with Gasteiger partial charge in [-0.3, -0.25) is 0 Å². The van der Waals surface area contributed by atoms with E-state index in [1.165, 1.54) is 22.3 Å². The number of benzene rings is 2. The summed E-state index contributed by atoms with van der Waals surface area (Å²) >= 11 is 0. The summed E-state index contributed by atoms with van der Waals surface area (Å²) in [5.41, 5.74) is 7.20. The molecule has 2 aromatic carbocycles. The fraction of sp³-hybridized carbons (Fsp3) is 0.333. The summed E-state index contributed by atoms with van der Waals surface area (Å²) < 4.78 is 0. The molecule has 2 atom stereocenters. The fourth-order valence-corrected chi connectivity index (χ4v) is 4.05. The van der Waals surface area contributed by atoms with Crippen LogP contribution >= 0.6 is 0 Å². The molecule has 2 heteroatoms. The molecule has 136 valence electrons. The maximum Gasteiger partial charge on any atom is 0.104 e. The number of aliphatic hydroxyl groups excluding tert-OH is 2. The van der Waals surface area contributed by atoms with Gasteiger partial charge in [0, 0.05) is 5.41 Å². The van der Waals surface area contributed by atoms with Crippen LogP contribution in [0.3, 0.4) is 0 Å². The molecular weight excluding hydrogens is 320 g/mol. The average molecular weight is 348 g/mol. The lowest BCUT2D eigenvalue weighted by atomic mass is 9.72. The normalized spacial score (nSPS) is 19.0. The SMILES string of the molecule is CC1=C(C)C(C)(C(O)c2ccc(C(O)c3ccccc3)cc2)C(C)=C1C. The molecule has 26 heavy (non-hydrogen) atoms. The van der Waals surface area contributed by atoms with E-state index < -0.39 is 12.2 Å². The van der Waals surface area contributed by atoms with Gasteiger partial charge in [0.15, 0.2) is 0 Å². The van der Waals surface area contributed by atoms with E-state index >= 15 is 0 Å². The lowest BCUT2D eigenvalue weighted by Gasteiger charge is -2.35. The van der Waals surface area contributed by atoms with Gasteiger partial charge < -0.3 is 10.2 Å². The molecule has 2 N–H and O–H groups in total. The van der Waals surface area contributed by atoms with Crippen LogP contribution in [0.2, 0.25) is 0 Å². The van der Waals surface area contributed by atoms with Crippen LogP contribution in [-0.2, 0) is 0 Å². The number of hydrogen-bond acceptors (Lipinski definition) is 2. The maximum atomic E-state index is 11.2. The van der Waals surface area contributed by atoms with Gasteiger partial charge >= 0.3 is 0 Å². The molecule has 2 unspecified atom stereocenters. The molecule has 0 spiro atoms. The largest absolute Gasteiger partial charge is 0.387 e. The maximum absolute atomic E-state index is 11.2. The quantitative estimate of drug-likeness (QED) is 0.766. The minimum atomic E-state index is -0.655. The van der Waals surface area contributed by atoms with Crippen molar-refractivity contribution < 1.29 is 10.2 Å². The molecule has 3 rings (SSSR count). The highest BCUT2D eigenvalue weighted by molar-refractivity contribution is 5.52. The van der Waals surface area contributed by atoms with Crippen LogP contribution in [0.25, 0.3) is 0 Å². The molecule has 0 aliphatic heterocycles. The highest BCUT2D eigenvalue weighted by Gasteiger charge is 2.42. The first kappa shape index (κ1) is 18.6. The topological polar surface area (TPSA) is 40.5 Å². The van der Waals surface area contributed by atoms with Crippen LogP contribution in [0.1, 0.15) is 63.5 Å². The van der Waals surface area contributed by atoms with Gasteiger partial charge in [-0.05, 0) is 62.5 Å². The van der Waals surface area contributed by atoms with E-state index in [1.54, 1.807) is 0 Å². The van der Waals surface area contributed by atoms with Crippen molar-refractivity contribution in [3.63, 3.8) is 0 Å². The van der Waals surface area contributed by atoms with E-state index in [9.17, 15) is 10.2 Å². The smallest absolute Gasteiger partial charge is 0.104 e. The van der Waals surface area contributed by atoms with Crippen molar-refractivity contribution in [1.29, 1.82) is 0 Å². The first-order valence-corrected chi connectivity index (χ1v) is 9.15. The minimum absolute atomic E-state index is 0.381. The summed E-state index contributed by atoms with van der Waals surface area (Å²) in [7, 11) is 0. The van der Waals surface area contributed by atoms with Gasteiger partial charge in [0.1, 0.15) is 6.10 Å². The molecule has 0 bridgehead atoms. The molecule has 0 heterocycles. The molecule has 0 fully saturated rings. The lowest BCUT2D eigenvalue weighted by Crippen LogP contribution is -2.27. The Kier molecular flexibility index (Phi) is 4.92. The monoisotopic (exact) mass is 348 g/mol. The second kappa shape index (κ2) is 6.86. The molecule has 2 nitrogen and oxygen atoms in total. The van der Waals surface area contributed by atoms with Gasteiger partial charge in [0.2, 0.25) is 0 Å². The average Bonchev–Trinajstić information content (AvgIpc) is 2.83. The first-order chi connectivity index (χ1) is 12.3. The lowest BCUT2D eigenvalue weighted by molar-refractivity contribution is 0.0867. The van der Waals surface area contributed by atoms with Crippen molar-refractivity contribution >= 4 is 0 Å². The van der Waals surface area contributed by atoms with E-state index in [0.717, 1.165) is 16.7 Å². The predicted octanol–water partition coefficient (Wildman–Crippen LogP) is 5.49. The van der Waals surface area contributed by atoms with Crippen LogP contribution in [-0.4, -0.2) is 10.2 Å². The summed E-state index contributed by atoms with van der Waals surface area (Å²) in [6, 6.07) is 17.3. The van der Waals surface area contributed by atoms with E-state index in [-0.39, 0.29) is 5.41 Å². The highest BCUT2D eigenvalue weighted by atomic mass is 16.3. The third-order valence-electron chi connectivity index (χ3n) is 6.48. The van der Waals surface area contributed by atoms with Gasteiger partial charge in [-0.25, -0.2) is 0 Å². The van der Waals surface area contributed by atoms with Crippen molar-refractivity contribution in [2.45, 2.75) is 46.8 Å². The second-order valence-corrected chi connectivity index (χ2v) is 7.58. The standard InChI is InChI=1S/C24H28O2/c1-15-16(2)18(4)24(5,17(15)3)23(26)21-13-11-20(12-14-21)22(25)19-9-7-6-8-10-19/h6-14,22-23,25-26H,1-5H3. The number of rotatable bonds is 4. The Balaban J connectivity index is 1.90. The second-order valence-electron chi connectivity index (χ2n) is 7.58. The predicted molar refractivity (Wildman–Crippen MR) is 107 cm³/mol. The number of allylic oxidation sites excluding steroid dienone is 2. The minimum Gasteiger partial charge on any atom is -0.387 e. The summed E-state index contributed by atoms with van der Waals surface area (Å²) in [4.78, 5) is 0. The van der Waals surface area contributed by atoms with E-state index in [2.05, 4.69) is 34.6 Å². The third kappa shape index (κ3) is 2.84. The van der Waals surface area contributed by atoms with Gasteiger partial charge in [-0.15, -0.1) is 0 Å². The van der Waals surface area contributed by atoms with Gasteiger partial charge in [-0.1, -0.05) is 65.7 Å². The Labute approximate surface area is 156 Å². The van der Waals surface area contributed by atoms with Gasteiger partial charge in [0.05, 0.1) is 6.10 Å². The fourth-order valence-electron chi connectivity index (χ4n) is 4.05. The van der Waals surface area contributed by atoms with Crippen LogP contribution in [0.15, 0.2) is 76.9 Å².